The number of rotatable bonds is 2. The van der Waals surface area contributed by atoms with Crippen LogP contribution >= 0.6 is 0 Å². The second kappa shape index (κ2) is 2.98. The van der Waals surface area contributed by atoms with Gasteiger partial charge in [-0.05, 0) is 6.92 Å². The van der Waals surface area contributed by atoms with Gasteiger partial charge in [0, 0.05) is 0 Å². The van der Waals surface area contributed by atoms with Gasteiger partial charge in [-0.15, -0.1) is 0 Å². The van der Waals surface area contributed by atoms with E-state index in [4.69, 9.17) is 5.11 Å². The zero-order chi connectivity index (χ0) is 5.86. The Bertz CT molecular complexity index is 96.7. The monoisotopic (exact) mass is 124 g/mol. The minimum atomic E-state index is -2.39. The van der Waals surface area contributed by atoms with Gasteiger partial charge in [-0.2, -0.15) is 0 Å². The summed E-state index contributed by atoms with van der Waals surface area (Å²) in [5, 5.41) is 8.34. The molecule has 0 aromatic heterocycles. The number of thiol groups is 1. The van der Waals surface area contributed by atoms with Crippen LogP contribution in [-0.4, -0.2) is 25.4 Å². The SMILES string of the molecule is CC(O)C[SH](=O)=O. The van der Waals surface area contributed by atoms with Crippen LogP contribution in [0.5, 0.6) is 0 Å². The molecule has 0 spiro atoms. The minimum absolute atomic E-state index is 0.130. The number of hydrogen-bond acceptors (Lipinski definition) is 3. The Kier molecular flexibility index (Phi) is 2.95. The predicted octanol–water partition coefficient (Wildman–Crippen LogP) is -1.02. The highest BCUT2D eigenvalue weighted by Crippen LogP contribution is 1.76. The van der Waals surface area contributed by atoms with Gasteiger partial charge in [0.05, 0.1) is 11.9 Å². The van der Waals surface area contributed by atoms with Crippen LogP contribution in [0, 0.1) is 0 Å². The number of hydrogen-bond donors (Lipinski definition) is 2. The molecule has 0 aliphatic heterocycles. The topological polar surface area (TPSA) is 54.4 Å². The highest BCUT2D eigenvalue weighted by Gasteiger charge is 1.93. The Morgan fingerprint density at radius 1 is 1.71 bits per heavy atom. The molecule has 0 saturated carbocycles. The third kappa shape index (κ3) is 5.91. The molecular weight excluding hydrogens is 116 g/mol. The quantitative estimate of drug-likeness (QED) is 0.463. The largest absolute Gasteiger partial charge is 0.392 e. The maximum Gasteiger partial charge on any atom is 0.142 e. The Labute approximate surface area is 43.9 Å². The second-order valence-electron chi connectivity index (χ2n) is 1.36. The first kappa shape index (κ1) is 6.91. The highest BCUT2D eigenvalue weighted by molar-refractivity contribution is 7.72. The molecule has 1 unspecified atom stereocenters. The van der Waals surface area contributed by atoms with Crippen LogP contribution in [0.15, 0.2) is 0 Å². The van der Waals surface area contributed by atoms with Crippen molar-refractivity contribution in [3.63, 3.8) is 0 Å². The summed E-state index contributed by atoms with van der Waals surface area (Å²) < 4.78 is 19.4. The lowest BCUT2D eigenvalue weighted by Gasteiger charge is -1.90. The normalized spacial score (nSPS) is 14.7. The molecule has 0 aromatic rings. The fraction of sp³-hybridized carbons (Fsp3) is 1.00. The van der Waals surface area contributed by atoms with Crippen LogP contribution in [0.2, 0.25) is 0 Å². The van der Waals surface area contributed by atoms with Crippen molar-refractivity contribution in [1.29, 1.82) is 0 Å². The summed E-state index contributed by atoms with van der Waals surface area (Å²) in [4.78, 5) is 0. The lowest BCUT2D eigenvalue weighted by molar-refractivity contribution is 0.219. The van der Waals surface area contributed by atoms with E-state index in [2.05, 4.69) is 0 Å². The fourth-order valence-corrected chi connectivity index (χ4v) is 0.647. The van der Waals surface area contributed by atoms with Gasteiger partial charge in [0.15, 0.2) is 0 Å². The van der Waals surface area contributed by atoms with E-state index in [1.54, 1.807) is 0 Å². The summed E-state index contributed by atoms with van der Waals surface area (Å²) in [7, 11) is -2.39. The zero-order valence-corrected chi connectivity index (χ0v) is 4.89. The highest BCUT2D eigenvalue weighted by atomic mass is 32.2. The molecule has 0 radical (unpaired) electrons. The number of aliphatic hydroxyl groups is 1. The van der Waals surface area contributed by atoms with E-state index < -0.39 is 16.8 Å². The van der Waals surface area contributed by atoms with Gasteiger partial charge in [-0.1, -0.05) is 0 Å². The van der Waals surface area contributed by atoms with Crippen LogP contribution in [0.4, 0.5) is 0 Å². The molecule has 4 heteroatoms. The lowest BCUT2D eigenvalue weighted by atomic mass is 10.5. The van der Waals surface area contributed by atoms with E-state index in [-0.39, 0.29) is 5.75 Å². The average molecular weight is 124 g/mol. The van der Waals surface area contributed by atoms with Gasteiger partial charge in [0.2, 0.25) is 0 Å². The summed E-state index contributed by atoms with van der Waals surface area (Å²) in [5.74, 6) is -0.130. The first-order valence-electron chi connectivity index (χ1n) is 1.93. The van der Waals surface area contributed by atoms with Crippen molar-refractivity contribution in [2.24, 2.45) is 0 Å². The smallest absolute Gasteiger partial charge is 0.142 e. The van der Waals surface area contributed by atoms with Crippen molar-refractivity contribution >= 4 is 10.7 Å². The van der Waals surface area contributed by atoms with Gasteiger partial charge in [-0.3, -0.25) is 0 Å². The molecule has 0 aliphatic carbocycles. The van der Waals surface area contributed by atoms with E-state index in [1.807, 2.05) is 0 Å². The van der Waals surface area contributed by atoms with E-state index in [9.17, 15) is 8.42 Å². The molecule has 0 bridgehead atoms. The van der Waals surface area contributed by atoms with E-state index >= 15 is 0 Å². The summed E-state index contributed by atoms with van der Waals surface area (Å²) in [5.41, 5.74) is 0. The van der Waals surface area contributed by atoms with E-state index in [1.165, 1.54) is 6.92 Å². The van der Waals surface area contributed by atoms with Crippen LogP contribution in [0.25, 0.3) is 0 Å². The van der Waals surface area contributed by atoms with E-state index in [0.717, 1.165) is 0 Å². The molecule has 0 fully saturated rings. The first-order valence-corrected chi connectivity index (χ1v) is 3.29. The van der Waals surface area contributed by atoms with Crippen molar-refractivity contribution in [3.05, 3.63) is 0 Å². The molecule has 44 valence electrons. The Morgan fingerprint density at radius 2 is 2.14 bits per heavy atom. The van der Waals surface area contributed by atoms with Crippen molar-refractivity contribution in [2.45, 2.75) is 13.0 Å². The molecule has 1 atom stereocenters. The van der Waals surface area contributed by atoms with Gasteiger partial charge in [-0.25, -0.2) is 8.42 Å². The molecule has 0 heterocycles. The lowest BCUT2D eigenvalue weighted by Crippen LogP contribution is -2.06. The van der Waals surface area contributed by atoms with Crippen LogP contribution in [0.1, 0.15) is 6.92 Å². The Hall–Kier alpha value is -0.0900. The molecule has 0 saturated heterocycles. The second-order valence-corrected chi connectivity index (χ2v) is 2.39. The standard InChI is InChI=1S/C3H8O3S/c1-3(4)2-7(5)6/h3-4,7H,2H2,1H3. The summed E-state index contributed by atoms with van der Waals surface area (Å²) in [6, 6.07) is 0. The average Bonchev–Trinajstić information content (AvgIpc) is 1.27. The molecule has 3 nitrogen and oxygen atoms in total. The molecule has 0 rings (SSSR count). The molecule has 0 amide bonds. The summed E-state index contributed by atoms with van der Waals surface area (Å²) in [6.07, 6.45) is -0.721. The molecular formula is C3H8O3S. The van der Waals surface area contributed by atoms with Crippen molar-refractivity contribution < 1.29 is 13.5 Å². The summed E-state index contributed by atoms with van der Waals surface area (Å²) in [6.45, 7) is 1.44. The third-order valence-electron chi connectivity index (χ3n) is 0.413. The maximum atomic E-state index is 9.69. The maximum absolute atomic E-state index is 9.69. The van der Waals surface area contributed by atoms with Crippen LogP contribution in [0.3, 0.4) is 0 Å². The van der Waals surface area contributed by atoms with Gasteiger partial charge in [0.1, 0.15) is 10.7 Å². The Morgan fingerprint density at radius 3 is 2.14 bits per heavy atom. The molecule has 7 heavy (non-hydrogen) atoms. The van der Waals surface area contributed by atoms with Gasteiger partial charge < -0.3 is 5.11 Å². The molecule has 0 aliphatic rings. The summed E-state index contributed by atoms with van der Waals surface area (Å²) >= 11 is 0. The van der Waals surface area contributed by atoms with Gasteiger partial charge >= 0.3 is 0 Å². The number of aliphatic hydroxyl groups excluding tert-OH is 1. The zero-order valence-electron chi connectivity index (χ0n) is 4.00. The van der Waals surface area contributed by atoms with Crippen molar-refractivity contribution in [3.8, 4) is 0 Å². The molecule has 1 N–H and O–H groups in total. The first-order chi connectivity index (χ1) is 3.13. The van der Waals surface area contributed by atoms with Crippen molar-refractivity contribution in [2.75, 3.05) is 5.75 Å². The van der Waals surface area contributed by atoms with Gasteiger partial charge in [0.25, 0.3) is 0 Å². The predicted molar refractivity (Wildman–Crippen MR) is 26.9 cm³/mol. The van der Waals surface area contributed by atoms with Crippen LogP contribution < -0.4 is 0 Å². The van der Waals surface area contributed by atoms with Crippen molar-refractivity contribution in [1.82, 2.24) is 0 Å². The minimum Gasteiger partial charge on any atom is -0.392 e. The molecule has 0 aromatic carbocycles. The third-order valence-corrected chi connectivity index (χ3v) is 1.24. The van der Waals surface area contributed by atoms with Crippen LogP contribution in [-0.2, 0) is 10.7 Å². The Balaban J connectivity index is 3.32. The van der Waals surface area contributed by atoms with E-state index in [0.29, 0.717) is 0 Å². The fourth-order valence-electron chi connectivity index (χ4n) is 0.216.